The second-order valence-electron chi connectivity index (χ2n) is 14.8. The van der Waals surface area contributed by atoms with Gasteiger partial charge in [0.15, 0.2) is 0 Å². The first-order valence-corrected chi connectivity index (χ1v) is 19.5. The van der Waals surface area contributed by atoms with Crippen LogP contribution in [0.2, 0.25) is 0 Å². The van der Waals surface area contributed by atoms with Crippen LogP contribution in [-0.4, -0.2) is 9.13 Å². The van der Waals surface area contributed by atoms with Gasteiger partial charge in [-0.25, -0.2) is 0 Å². The Morgan fingerprint density at radius 2 is 0.842 bits per heavy atom. The number of aromatic nitrogens is 2. The average Bonchev–Trinajstić information content (AvgIpc) is 3.95. The Balaban J connectivity index is 1.14. The molecule has 12 aromatic rings. The Kier molecular flexibility index (Phi) is 6.93. The minimum absolute atomic E-state index is 0.878. The molecule has 0 amide bonds. The second kappa shape index (κ2) is 12.5. The number of fused-ring (bicyclic) bond motifs is 9. The van der Waals surface area contributed by atoms with Gasteiger partial charge in [-0.3, -0.25) is 0 Å². The van der Waals surface area contributed by atoms with Crippen molar-refractivity contribution < 1.29 is 4.42 Å². The Morgan fingerprint density at radius 3 is 1.56 bits per heavy atom. The molecule has 0 aliphatic heterocycles. The van der Waals surface area contributed by atoms with Crippen molar-refractivity contribution in [3.63, 3.8) is 0 Å². The summed E-state index contributed by atoms with van der Waals surface area (Å²) >= 11 is 0. The molecule has 266 valence electrons. The third-order valence-corrected chi connectivity index (χ3v) is 11.7. The summed E-state index contributed by atoms with van der Waals surface area (Å²) in [6.45, 7) is 0. The number of hydrogen-bond acceptors (Lipinski definition) is 1. The molecular formula is C54H34N2O. The van der Waals surface area contributed by atoms with E-state index >= 15 is 0 Å². The van der Waals surface area contributed by atoms with Gasteiger partial charge >= 0.3 is 0 Å². The molecule has 0 unspecified atom stereocenters. The topological polar surface area (TPSA) is 23.0 Å². The Labute approximate surface area is 328 Å². The van der Waals surface area contributed by atoms with Crippen molar-refractivity contribution in [3.8, 4) is 44.8 Å². The SMILES string of the molecule is c1ccc(-c2cccc(-c3ccc(-n4c5ccccc5c5c(-c6cccc7c6c6ccccc6n7-c6ccccc6)cccc54)c4c3oc3ccccc34)c2)cc1. The molecule has 12 rings (SSSR count). The maximum Gasteiger partial charge on any atom is 0.145 e. The molecule has 3 aromatic heterocycles. The van der Waals surface area contributed by atoms with E-state index in [2.05, 4.69) is 215 Å². The zero-order chi connectivity index (χ0) is 37.5. The fraction of sp³-hybridized carbons (Fsp3) is 0. The van der Waals surface area contributed by atoms with E-state index in [0.717, 1.165) is 55.5 Å². The van der Waals surface area contributed by atoms with Crippen LogP contribution in [0.3, 0.4) is 0 Å². The van der Waals surface area contributed by atoms with Crippen molar-refractivity contribution in [1.82, 2.24) is 9.13 Å². The second-order valence-corrected chi connectivity index (χ2v) is 14.8. The third-order valence-electron chi connectivity index (χ3n) is 11.7. The maximum absolute atomic E-state index is 6.85. The first-order valence-electron chi connectivity index (χ1n) is 19.5. The summed E-state index contributed by atoms with van der Waals surface area (Å²) in [5.74, 6) is 0. The number of furan rings is 1. The van der Waals surface area contributed by atoms with E-state index in [1.807, 2.05) is 0 Å². The summed E-state index contributed by atoms with van der Waals surface area (Å²) in [4.78, 5) is 0. The molecule has 0 N–H and O–H groups in total. The summed E-state index contributed by atoms with van der Waals surface area (Å²) < 4.78 is 11.7. The average molecular weight is 727 g/mol. The fourth-order valence-corrected chi connectivity index (χ4v) is 9.32. The molecule has 0 aliphatic rings. The van der Waals surface area contributed by atoms with Gasteiger partial charge in [-0.1, -0.05) is 146 Å². The molecule has 0 radical (unpaired) electrons. The quantitative estimate of drug-likeness (QED) is 0.173. The van der Waals surface area contributed by atoms with Gasteiger partial charge in [0, 0.05) is 38.2 Å². The number of benzene rings is 9. The molecule has 3 nitrogen and oxygen atoms in total. The van der Waals surface area contributed by atoms with E-state index < -0.39 is 0 Å². The van der Waals surface area contributed by atoms with Crippen LogP contribution in [0.5, 0.6) is 0 Å². The van der Waals surface area contributed by atoms with Crippen LogP contribution in [0.4, 0.5) is 0 Å². The van der Waals surface area contributed by atoms with Crippen LogP contribution < -0.4 is 0 Å². The molecule has 0 spiro atoms. The molecule has 9 aromatic carbocycles. The van der Waals surface area contributed by atoms with Crippen molar-refractivity contribution in [3.05, 3.63) is 206 Å². The predicted octanol–water partition coefficient (Wildman–Crippen LogP) is 14.8. The normalized spacial score (nSPS) is 11.9. The van der Waals surface area contributed by atoms with Crippen LogP contribution in [0, 0.1) is 0 Å². The smallest absolute Gasteiger partial charge is 0.145 e. The van der Waals surface area contributed by atoms with E-state index in [0.29, 0.717) is 0 Å². The van der Waals surface area contributed by atoms with Gasteiger partial charge < -0.3 is 13.6 Å². The fourth-order valence-electron chi connectivity index (χ4n) is 9.32. The zero-order valence-electron chi connectivity index (χ0n) is 30.9. The van der Waals surface area contributed by atoms with E-state index in [9.17, 15) is 0 Å². The van der Waals surface area contributed by atoms with Crippen molar-refractivity contribution in [2.24, 2.45) is 0 Å². The van der Waals surface area contributed by atoms with Crippen LogP contribution in [0.15, 0.2) is 211 Å². The lowest BCUT2D eigenvalue weighted by atomic mass is 9.95. The highest BCUT2D eigenvalue weighted by molar-refractivity contribution is 6.23. The summed E-state index contributed by atoms with van der Waals surface area (Å²) in [6.07, 6.45) is 0. The van der Waals surface area contributed by atoms with Crippen molar-refractivity contribution >= 4 is 65.6 Å². The van der Waals surface area contributed by atoms with Crippen LogP contribution >= 0.6 is 0 Å². The van der Waals surface area contributed by atoms with Crippen molar-refractivity contribution in [2.75, 3.05) is 0 Å². The Morgan fingerprint density at radius 1 is 0.316 bits per heavy atom. The van der Waals surface area contributed by atoms with E-state index in [1.54, 1.807) is 0 Å². The lowest BCUT2D eigenvalue weighted by Gasteiger charge is -2.13. The standard InChI is InChI=1S/C54H34N2O/c1-3-16-35(17-4-1)36-18-13-19-37(34-36)39-32-33-49(53-44-24-9-12-31-50(44)57-54(39)53)56-46-28-11-8-23-43(46)52-41(26-15-30-48(52)56)40-25-14-29-47-51(40)42-22-7-10-27-45(42)55(47)38-20-5-2-6-21-38/h1-34H. The van der Waals surface area contributed by atoms with Crippen molar-refractivity contribution in [2.45, 2.75) is 0 Å². The van der Waals surface area contributed by atoms with Gasteiger partial charge in [0.05, 0.1) is 33.1 Å². The van der Waals surface area contributed by atoms with Crippen LogP contribution in [-0.2, 0) is 0 Å². The molecule has 57 heavy (non-hydrogen) atoms. The first kappa shape index (κ1) is 31.7. The molecule has 0 fully saturated rings. The largest absolute Gasteiger partial charge is 0.455 e. The van der Waals surface area contributed by atoms with Gasteiger partial charge in [0.1, 0.15) is 11.2 Å². The number of rotatable bonds is 5. The highest BCUT2D eigenvalue weighted by Crippen LogP contribution is 2.46. The Hall–Kier alpha value is -7.62. The monoisotopic (exact) mass is 726 g/mol. The Bertz CT molecular complexity index is 3510. The van der Waals surface area contributed by atoms with Gasteiger partial charge in [0.25, 0.3) is 0 Å². The lowest BCUT2D eigenvalue weighted by molar-refractivity contribution is 0.670. The molecule has 3 heteroatoms. The molecular weight excluding hydrogens is 693 g/mol. The summed E-state index contributed by atoms with van der Waals surface area (Å²) in [6, 6.07) is 74.2. The highest BCUT2D eigenvalue weighted by atomic mass is 16.3. The van der Waals surface area contributed by atoms with Gasteiger partial charge in [0.2, 0.25) is 0 Å². The van der Waals surface area contributed by atoms with Gasteiger partial charge in [-0.05, 0) is 88.5 Å². The highest BCUT2D eigenvalue weighted by Gasteiger charge is 2.23. The minimum Gasteiger partial charge on any atom is -0.455 e. The predicted molar refractivity (Wildman–Crippen MR) is 239 cm³/mol. The molecule has 0 aliphatic carbocycles. The molecule has 0 saturated carbocycles. The van der Waals surface area contributed by atoms with Gasteiger partial charge in [-0.15, -0.1) is 0 Å². The summed E-state index contributed by atoms with van der Waals surface area (Å²) in [5, 5.41) is 7.15. The molecule has 0 atom stereocenters. The molecule has 3 heterocycles. The minimum atomic E-state index is 0.878. The number of hydrogen-bond donors (Lipinski definition) is 0. The van der Waals surface area contributed by atoms with E-state index in [1.165, 1.54) is 54.8 Å². The summed E-state index contributed by atoms with van der Waals surface area (Å²) in [5.41, 5.74) is 15.7. The zero-order valence-corrected chi connectivity index (χ0v) is 30.9. The number of nitrogens with zero attached hydrogens (tertiary/aromatic N) is 2. The van der Waals surface area contributed by atoms with Crippen molar-refractivity contribution in [1.29, 1.82) is 0 Å². The lowest BCUT2D eigenvalue weighted by Crippen LogP contribution is -1.96. The molecule has 0 saturated heterocycles. The first-order chi connectivity index (χ1) is 28.3. The van der Waals surface area contributed by atoms with Gasteiger partial charge in [-0.2, -0.15) is 0 Å². The van der Waals surface area contributed by atoms with Crippen LogP contribution in [0.25, 0.3) is 110 Å². The molecule has 0 bridgehead atoms. The summed E-state index contributed by atoms with van der Waals surface area (Å²) in [7, 11) is 0. The third kappa shape index (κ3) is 4.73. The maximum atomic E-state index is 6.85. The van der Waals surface area contributed by atoms with Crippen LogP contribution in [0.1, 0.15) is 0 Å². The van der Waals surface area contributed by atoms with E-state index in [-0.39, 0.29) is 0 Å². The van der Waals surface area contributed by atoms with E-state index in [4.69, 9.17) is 4.42 Å². The number of para-hydroxylation sites is 4.